The first-order chi connectivity index (χ1) is 15.9. The third kappa shape index (κ3) is 5.77. The zero-order valence-corrected chi connectivity index (χ0v) is 18.9. The fraction of sp³-hybridized carbons (Fsp3) is 0.240. The molecule has 1 amide bonds. The van der Waals surface area contributed by atoms with Crippen LogP contribution in [0.4, 0.5) is 10.1 Å². The van der Waals surface area contributed by atoms with Crippen LogP contribution in [-0.4, -0.2) is 31.7 Å². The maximum absolute atomic E-state index is 13.4. The van der Waals surface area contributed by atoms with Crippen molar-refractivity contribution in [2.75, 3.05) is 18.4 Å². The minimum Gasteiger partial charge on any atom is -0.455 e. The predicted molar refractivity (Wildman–Crippen MR) is 124 cm³/mol. The number of ether oxygens (including phenoxy) is 1. The number of nitrogens with one attached hydrogen (secondary N) is 1. The average Bonchev–Trinajstić information content (AvgIpc) is 2.81. The summed E-state index contributed by atoms with van der Waals surface area (Å²) in [5.41, 5.74) is 1.14. The first-order valence-electron chi connectivity index (χ1n) is 10.8. The number of anilines is 1. The number of carbonyl (C=O) groups excluding carboxylic acids is 1. The standard InChI is InChI=1S/C25H25FN2O4S/c26-20-7-6-8-21(18-20)32-24-10-3-2-9-23(24)27-25(29)17-19-11-13-22(14-12-19)33(30,31)28-15-4-1-5-16-28/h2-3,6-14,18H,1,4-5,15-17H2,(H,27,29). The van der Waals surface area contributed by atoms with Crippen molar-refractivity contribution in [3.05, 3.63) is 84.2 Å². The van der Waals surface area contributed by atoms with Crippen LogP contribution in [0.1, 0.15) is 24.8 Å². The van der Waals surface area contributed by atoms with Crippen molar-refractivity contribution < 1.29 is 22.3 Å². The molecule has 0 spiro atoms. The predicted octanol–water partition coefficient (Wildman–Crippen LogP) is 4.97. The van der Waals surface area contributed by atoms with E-state index in [9.17, 15) is 17.6 Å². The highest BCUT2D eigenvalue weighted by Crippen LogP contribution is 2.29. The summed E-state index contributed by atoms with van der Waals surface area (Å²) < 4.78 is 46.2. The number of piperidine rings is 1. The molecular formula is C25H25FN2O4S. The molecule has 1 aliphatic rings. The molecule has 3 aromatic rings. The molecule has 0 atom stereocenters. The lowest BCUT2D eigenvalue weighted by molar-refractivity contribution is -0.115. The normalized spacial score (nSPS) is 14.6. The van der Waals surface area contributed by atoms with E-state index in [2.05, 4.69) is 5.32 Å². The molecule has 0 unspecified atom stereocenters. The number of rotatable bonds is 7. The summed E-state index contributed by atoms with van der Waals surface area (Å²) in [5.74, 6) is 0.0123. The highest BCUT2D eigenvalue weighted by Gasteiger charge is 2.25. The van der Waals surface area contributed by atoms with Crippen LogP contribution in [-0.2, 0) is 21.2 Å². The zero-order chi connectivity index (χ0) is 23.3. The van der Waals surface area contributed by atoms with Gasteiger partial charge in [0.05, 0.1) is 17.0 Å². The monoisotopic (exact) mass is 468 g/mol. The molecule has 0 radical (unpaired) electrons. The molecule has 1 saturated heterocycles. The molecule has 1 aliphatic heterocycles. The van der Waals surface area contributed by atoms with Crippen LogP contribution in [0.3, 0.4) is 0 Å². The van der Waals surface area contributed by atoms with Gasteiger partial charge < -0.3 is 10.1 Å². The van der Waals surface area contributed by atoms with Gasteiger partial charge in [-0.2, -0.15) is 4.31 Å². The number of nitrogens with zero attached hydrogens (tertiary/aromatic N) is 1. The van der Waals surface area contributed by atoms with E-state index in [4.69, 9.17) is 4.74 Å². The number of carbonyl (C=O) groups is 1. The van der Waals surface area contributed by atoms with E-state index in [0.717, 1.165) is 19.3 Å². The third-order valence-corrected chi connectivity index (χ3v) is 7.34. The van der Waals surface area contributed by atoms with Crippen LogP contribution in [0.2, 0.25) is 0 Å². The fourth-order valence-corrected chi connectivity index (χ4v) is 5.25. The second kappa shape index (κ2) is 10.1. The van der Waals surface area contributed by atoms with E-state index in [1.54, 1.807) is 60.7 Å². The number of sulfonamides is 1. The van der Waals surface area contributed by atoms with E-state index in [0.29, 0.717) is 35.8 Å². The summed E-state index contributed by atoms with van der Waals surface area (Å²) in [6, 6.07) is 19.1. The van der Waals surface area contributed by atoms with Gasteiger partial charge in [-0.25, -0.2) is 12.8 Å². The van der Waals surface area contributed by atoms with Crippen LogP contribution >= 0.6 is 0 Å². The minimum atomic E-state index is -3.50. The Morgan fingerprint density at radius 3 is 2.39 bits per heavy atom. The molecule has 33 heavy (non-hydrogen) atoms. The van der Waals surface area contributed by atoms with E-state index >= 15 is 0 Å². The Kier molecular flexibility index (Phi) is 7.05. The molecule has 172 valence electrons. The topological polar surface area (TPSA) is 75.7 Å². The summed E-state index contributed by atoms with van der Waals surface area (Å²) in [4.78, 5) is 12.9. The van der Waals surface area contributed by atoms with Gasteiger partial charge in [-0.05, 0) is 54.8 Å². The summed E-state index contributed by atoms with van der Waals surface area (Å²) in [6.45, 7) is 1.09. The largest absolute Gasteiger partial charge is 0.455 e. The maximum atomic E-state index is 13.4. The lowest BCUT2D eigenvalue weighted by Gasteiger charge is -2.25. The van der Waals surface area contributed by atoms with Gasteiger partial charge in [0.1, 0.15) is 11.6 Å². The number of amides is 1. The maximum Gasteiger partial charge on any atom is 0.243 e. The summed E-state index contributed by atoms with van der Waals surface area (Å²) >= 11 is 0. The van der Waals surface area contributed by atoms with Gasteiger partial charge in [-0.15, -0.1) is 0 Å². The first-order valence-corrected chi connectivity index (χ1v) is 12.3. The molecule has 1 N–H and O–H groups in total. The van der Waals surface area contributed by atoms with Crippen molar-refractivity contribution in [1.29, 1.82) is 0 Å². The van der Waals surface area contributed by atoms with Crippen molar-refractivity contribution in [2.45, 2.75) is 30.6 Å². The van der Waals surface area contributed by atoms with Crippen molar-refractivity contribution in [2.24, 2.45) is 0 Å². The van der Waals surface area contributed by atoms with Crippen molar-refractivity contribution in [1.82, 2.24) is 4.31 Å². The first kappa shape index (κ1) is 22.9. The number of benzene rings is 3. The molecule has 0 bridgehead atoms. The van der Waals surface area contributed by atoms with Crippen LogP contribution in [0.5, 0.6) is 11.5 Å². The summed E-state index contributed by atoms with van der Waals surface area (Å²) in [6.07, 6.45) is 2.87. The molecular weight excluding hydrogens is 443 g/mol. The van der Waals surface area contributed by atoms with E-state index in [-0.39, 0.29) is 17.2 Å². The fourth-order valence-electron chi connectivity index (χ4n) is 3.73. The Morgan fingerprint density at radius 1 is 0.939 bits per heavy atom. The lowest BCUT2D eigenvalue weighted by Crippen LogP contribution is -2.35. The molecule has 1 fully saturated rings. The Balaban J connectivity index is 1.41. The van der Waals surface area contributed by atoms with Gasteiger partial charge >= 0.3 is 0 Å². The quantitative estimate of drug-likeness (QED) is 0.531. The SMILES string of the molecule is O=C(Cc1ccc(S(=O)(=O)N2CCCCC2)cc1)Nc1ccccc1Oc1cccc(F)c1. The lowest BCUT2D eigenvalue weighted by atomic mass is 10.1. The molecule has 0 saturated carbocycles. The van der Waals surface area contributed by atoms with Crippen molar-refractivity contribution in [3.63, 3.8) is 0 Å². The van der Waals surface area contributed by atoms with Crippen molar-refractivity contribution >= 4 is 21.6 Å². The molecule has 1 heterocycles. The highest BCUT2D eigenvalue weighted by atomic mass is 32.2. The van der Waals surface area contributed by atoms with E-state index in [1.807, 2.05) is 0 Å². The Morgan fingerprint density at radius 2 is 1.67 bits per heavy atom. The summed E-state index contributed by atoms with van der Waals surface area (Å²) in [5, 5.41) is 2.81. The molecule has 0 aliphatic carbocycles. The average molecular weight is 469 g/mol. The number of halogens is 1. The molecule has 4 rings (SSSR count). The van der Waals surface area contributed by atoms with Crippen molar-refractivity contribution in [3.8, 4) is 11.5 Å². The zero-order valence-electron chi connectivity index (χ0n) is 18.0. The van der Waals surface area contributed by atoms with Gasteiger partial charge in [-0.3, -0.25) is 4.79 Å². The minimum absolute atomic E-state index is 0.0678. The van der Waals surface area contributed by atoms with Crippen LogP contribution in [0.15, 0.2) is 77.7 Å². The second-order valence-electron chi connectivity index (χ2n) is 7.89. The van der Waals surface area contributed by atoms with Gasteiger partial charge in [0, 0.05) is 19.2 Å². The molecule has 6 nitrogen and oxygen atoms in total. The van der Waals surface area contributed by atoms with Crippen LogP contribution in [0, 0.1) is 5.82 Å². The Bertz CT molecular complexity index is 1220. The third-order valence-electron chi connectivity index (χ3n) is 5.43. The number of hydrogen-bond acceptors (Lipinski definition) is 4. The molecule has 0 aromatic heterocycles. The van der Waals surface area contributed by atoms with Gasteiger partial charge in [0.2, 0.25) is 15.9 Å². The molecule has 8 heteroatoms. The smallest absolute Gasteiger partial charge is 0.243 e. The second-order valence-corrected chi connectivity index (χ2v) is 9.83. The van der Waals surface area contributed by atoms with Gasteiger partial charge in [0.15, 0.2) is 5.75 Å². The number of hydrogen-bond donors (Lipinski definition) is 1. The summed E-state index contributed by atoms with van der Waals surface area (Å²) in [7, 11) is -3.50. The van der Waals surface area contributed by atoms with Gasteiger partial charge in [-0.1, -0.05) is 36.8 Å². The Labute approximate surface area is 193 Å². The van der Waals surface area contributed by atoms with Crippen LogP contribution in [0.25, 0.3) is 0 Å². The molecule has 3 aromatic carbocycles. The van der Waals surface area contributed by atoms with Crippen LogP contribution < -0.4 is 10.1 Å². The highest BCUT2D eigenvalue weighted by molar-refractivity contribution is 7.89. The van der Waals surface area contributed by atoms with E-state index < -0.39 is 15.8 Å². The van der Waals surface area contributed by atoms with E-state index in [1.165, 1.54) is 16.4 Å². The Hall–Kier alpha value is -3.23. The van der Waals surface area contributed by atoms with Gasteiger partial charge in [0.25, 0.3) is 0 Å². The number of para-hydroxylation sites is 2.